The molecule has 0 saturated carbocycles. The minimum atomic E-state index is 0. The summed E-state index contributed by atoms with van der Waals surface area (Å²) >= 11 is 6.29. The van der Waals surface area contributed by atoms with Gasteiger partial charge in [-0.15, -0.1) is 24.0 Å². The van der Waals surface area contributed by atoms with E-state index in [9.17, 15) is 0 Å². The second-order valence-electron chi connectivity index (χ2n) is 7.56. The van der Waals surface area contributed by atoms with E-state index in [4.69, 9.17) is 26.1 Å². The Bertz CT molecular complexity index is 650. The molecule has 2 aliphatic rings. The number of ether oxygens (including phenoxy) is 2. The first-order valence-electron chi connectivity index (χ1n) is 10.9. The van der Waals surface area contributed by atoms with Crippen molar-refractivity contribution in [3.05, 3.63) is 34.9 Å². The molecule has 3 rings (SSSR count). The third kappa shape index (κ3) is 7.51. The number of aliphatic imine (C=N–C) groups is 1. The lowest BCUT2D eigenvalue weighted by atomic mass is 10.0. The summed E-state index contributed by atoms with van der Waals surface area (Å²) in [7, 11) is 0. The zero-order valence-electron chi connectivity index (χ0n) is 18.2. The van der Waals surface area contributed by atoms with Crippen LogP contribution in [0.3, 0.4) is 0 Å². The molecule has 0 spiro atoms. The third-order valence-electron chi connectivity index (χ3n) is 5.61. The first-order chi connectivity index (χ1) is 14.2. The lowest BCUT2D eigenvalue weighted by molar-refractivity contribution is 0.0177. The summed E-state index contributed by atoms with van der Waals surface area (Å²) in [4.78, 5) is 9.89. The van der Waals surface area contributed by atoms with Crippen molar-refractivity contribution in [3.63, 3.8) is 0 Å². The molecule has 0 aromatic heterocycles. The van der Waals surface area contributed by atoms with E-state index in [1.807, 2.05) is 12.1 Å². The highest BCUT2D eigenvalue weighted by molar-refractivity contribution is 14.0. The number of morpholine rings is 1. The van der Waals surface area contributed by atoms with E-state index in [1.54, 1.807) is 0 Å². The largest absolute Gasteiger partial charge is 0.379 e. The number of nitrogens with one attached hydrogen (secondary N) is 1. The van der Waals surface area contributed by atoms with E-state index in [0.29, 0.717) is 12.6 Å². The van der Waals surface area contributed by atoms with E-state index < -0.39 is 0 Å². The van der Waals surface area contributed by atoms with Gasteiger partial charge in [0, 0.05) is 44.4 Å². The van der Waals surface area contributed by atoms with Crippen molar-refractivity contribution in [1.82, 2.24) is 15.1 Å². The molecule has 1 N–H and O–H groups in total. The predicted octanol–water partition coefficient (Wildman–Crippen LogP) is 3.80. The van der Waals surface area contributed by atoms with Crippen molar-refractivity contribution >= 4 is 41.5 Å². The molecule has 0 bridgehead atoms. The number of halogens is 2. The van der Waals surface area contributed by atoms with Gasteiger partial charge in [0.25, 0.3) is 0 Å². The van der Waals surface area contributed by atoms with E-state index in [0.717, 1.165) is 76.4 Å². The Balaban J connectivity index is 0.00000320. The molecular formula is C22H36ClIN4O2. The molecule has 0 aliphatic carbocycles. The number of rotatable bonds is 7. The SMILES string of the molecule is CCNC(=NCC(c1cccc(Cl)c1)N1CCOCC1)N1CCC(OCC)CC1.I. The van der Waals surface area contributed by atoms with Crippen molar-refractivity contribution in [2.45, 2.75) is 38.8 Å². The number of likely N-dealkylation sites (tertiary alicyclic amines) is 1. The van der Waals surface area contributed by atoms with Gasteiger partial charge in [0.15, 0.2) is 5.96 Å². The van der Waals surface area contributed by atoms with Crippen molar-refractivity contribution in [2.75, 3.05) is 59.1 Å². The minimum Gasteiger partial charge on any atom is -0.379 e. The molecule has 1 atom stereocenters. The van der Waals surface area contributed by atoms with Gasteiger partial charge in [0.1, 0.15) is 0 Å². The van der Waals surface area contributed by atoms with Crippen LogP contribution in [0.1, 0.15) is 38.3 Å². The Kier molecular flexibility index (Phi) is 11.7. The molecule has 8 heteroatoms. The first-order valence-corrected chi connectivity index (χ1v) is 11.3. The number of hydrogen-bond donors (Lipinski definition) is 1. The van der Waals surface area contributed by atoms with Crippen molar-refractivity contribution in [3.8, 4) is 0 Å². The third-order valence-corrected chi connectivity index (χ3v) is 5.85. The van der Waals surface area contributed by atoms with Crippen LogP contribution in [0.4, 0.5) is 0 Å². The molecule has 6 nitrogen and oxygen atoms in total. The van der Waals surface area contributed by atoms with Gasteiger partial charge in [-0.25, -0.2) is 0 Å². The van der Waals surface area contributed by atoms with Crippen LogP contribution in [0.5, 0.6) is 0 Å². The fraction of sp³-hybridized carbons (Fsp3) is 0.682. The second kappa shape index (κ2) is 13.7. The fourth-order valence-electron chi connectivity index (χ4n) is 4.10. The quantitative estimate of drug-likeness (QED) is 0.318. The van der Waals surface area contributed by atoms with E-state index in [1.165, 1.54) is 5.56 Å². The topological polar surface area (TPSA) is 49.3 Å². The van der Waals surface area contributed by atoms with E-state index in [-0.39, 0.29) is 30.0 Å². The summed E-state index contributed by atoms with van der Waals surface area (Å²) in [5.41, 5.74) is 1.22. The van der Waals surface area contributed by atoms with Crippen LogP contribution < -0.4 is 5.32 Å². The number of benzene rings is 1. The molecular weight excluding hydrogens is 515 g/mol. The molecule has 2 fully saturated rings. The summed E-state index contributed by atoms with van der Waals surface area (Å²) in [6, 6.07) is 8.38. The summed E-state index contributed by atoms with van der Waals surface area (Å²) in [6.07, 6.45) is 2.49. The highest BCUT2D eigenvalue weighted by Crippen LogP contribution is 2.25. The molecule has 2 heterocycles. The van der Waals surface area contributed by atoms with E-state index in [2.05, 4.69) is 41.1 Å². The molecule has 1 unspecified atom stereocenters. The molecule has 0 radical (unpaired) electrons. The second-order valence-corrected chi connectivity index (χ2v) is 7.99. The molecule has 1 aromatic carbocycles. The van der Waals surface area contributed by atoms with Gasteiger partial charge in [0.05, 0.1) is 31.9 Å². The summed E-state index contributed by atoms with van der Waals surface area (Å²) in [6.45, 7) is 11.9. The van der Waals surface area contributed by atoms with Gasteiger partial charge in [-0.1, -0.05) is 23.7 Å². The Morgan fingerprint density at radius 1 is 1.23 bits per heavy atom. The molecule has 2 saturated heterocycles. The zero-order valence-corrected chi connectivity index (χ0v) is 21.3. The number of hydrogen-bond acceptors (Lipinski definition) is 4. The van der Waals surface area contributed by atoms with Gasteiger partial charge in [-0.2, -0.15) is 0 Å². The minimum absolute atomic E-state index is 0. The lowest BCUT2D eigenvalue weighted by Crippen LogP contribution is -2.47. The average molecular weight is 551 g/mol. The molecule has 1 aromatic rings. The van der Waals surface area contributed by atoms with Gasteiger partial charge in [-0.3, -0.25) is 9.89 Å². The summed E-state index contributed by atoms with van der Waals surface area (Å²) in [5, 5.41) is 4.26. The standard InChI is InChI=1S/C22H35ClN4O2.HI/c1-3-24-22(27-10-8-20(9-11-27)29-4-2)25-17-21(26-12-14-28-15-13-26)18-6-5-7-19(23)16-18;/h5-7,16,20-21H,3-4,8-15,17H2,1-2H3,(H,24,25);1H. The highest BCUT2D eigenvalue weighted by Gasteiger charge is 2.25. The van der Waals surface area contributed by atoms with Crippen molar-refractivity contribution in [2.24, 2.45) is 4.99 Å². The fourth-order valence-corrected chi connectivity index (χ4v) is 4.30. The van der Waals surface area contributed by atoms with Gasteiger partial charge in [-0.05, 0) is 44.4 Å². The van der Waals surface area contributed by atoms with Crippen LogP contribution in [0.25, 0.3) is 0 Å². The maximum atomic E-state index is 6.29. The van der Waals surface area contributed by atoms with Crippen LogP contribution in [-0.4, -0.2) is 81.0 Å². The lowest BCUT2D eigenvalue weighted by Gasteiger charge is -2.36. The molecule has 2 aliphatic heterocycles. The van der Waals surface area contributed by atoms with Crippen LogP contribution in [0, 0.1) is 0 Å². The van der Waals surface area contributed by atoms with Crippen molar-refractivity contribution in [1.29, 1.82) is 0 Å². The zero-order chi connectivity index (χ0) is 20.5. The van der Waals surface area contributed by atoms with Crippen LogP contribution in [0.15, 0.2) is 29.3 Å². The number of nitrogens with zero attached hydrogens (tertiary/aromatic N) is 3. The smallest absolute Gasteiger partial charge is 0.193 e. The summed E-state index contributed by atoms with van der Waals surface area (Å²) in [5.74, 6) is 1.00. The normalized spacial score (nSPS) is 20.0. The predicted molar refractivity (Wildman–Crippen MR) is 134 cm³/mol. The first kappa shape index (κ1) is 25.6. The Hall–Kier alpha value is -0.610. The molecule has 0 amide bonds. The van der Waals surface area contributed by atoms with Crippen LogP contribution in [0.2, 0.25) is 5.02 Å². The van der Waals surface area contributed by atoms with Crippen LogP contribution in [-0.2, 0) is 9.47 Å². The summed E-state index contributed by atoms with van der Waals surface area (Å²) < 4.78 is 11.4. The highest BCUT2D eigenvalue weighted by atomic mass is 127. The van der Waals surface area contributed by atoms with E-state index >= 15 is 0 Å². The van der Waals surface area contributed by atoms with Gasteiger partial charge in [0.2, 0.25) is 0 Å². The molecule has 170 valence electrons. The van der Waals surface area contributed by atoms with Crippen LogP contribution >= 0.6 is 35.6 Å². The average Bonchev–Trinajstić information content (AvgIpc) is 2.75. The Morgan fingerprint density at radius 3 is 2.60 bits per heavy atom. The van der Waals surface area contributed by atoms with Crippen molar-refractivity contribution < 1.29 is 9.47 Å². The van der Waals surface area contributed by atoms with Gasteiger partial charge < -0.3 is 19.7 Å². The Morgan fingerprint density at radius 2 is 1.97 bits per heavy atom. The maximum absolute atomic E-state index is 6.29. The monoisotopic (exact) mass is 550 g/mol. The Labute approximate surface area is 203 Å². The number of piperidine rings is 1. The number of guanidine groups is 1. The van der Waals surface area contributed by atoms with Gasteiger partial charge >= 0.3 is 0 Å². The maximum Gasteiger partial charge on any atom is 0.193 e. The molecule has 30 heavy (non-hydrogen) atoms.